The van der Waals surface area contributed by atoms with Crippen LogP contribution in [0.25, 0.3) is 0 Å². The van der Waals surface area contributed by atoms with E-state index in [1.165, 1.54) is 17.7 Å². The number of allylic oxidation sites excluding steroid dienone is 8. The predicted molar refractivity (Wildman–Crippen MR) is 135 cm³/mol. The second-order valence-corrected chi connectivity index (χ2v) is 18.2. The van der Waals surface area contributed by atoms with E-state index in [9.17, 15) is 0 Å². The molecule has 0 amide bonds. The predicted octanol–water partition coefficient (Wildman–Crippen LogP) is 8.41. The van der Waals surface area contributed by atoms with Crippen molar-refractivity contribution in [3.05, 3.63) is 103 Å². The van der Waals surface area contributed by atoms with Gasteiger partial charge in [0, 0.05) is 0 Å². The first-order valence-electron chi connectivity index (χ1n) is 11.9. The van der Waals surface area contributed by atoms with Gasteiger partial charge in [0.25, 0.3) is 0 Å². The molecule has 0 unspecified atom stereocenters. The van der Waals surface area contributed by atoms with Crippen molar-refractivity contribution >= 4 is 0 Å². The van der Waals surface area contributed by atoms with E-state index in [0.29, 0.717) is 0 Å². The van der Waals surface area contributed by atoms with Gasteiger partial charge < -0.3 is 0 Å². The zero-order chi connectivity index (χ0) is 23.7. The molecule has 0 spiro atoms. The van der Waals surface area contributed by atoms with Crippen molar-refractivity contribution in [2.75, 3.05) is 0 Å². The van der Waals surface area contributed by atoms with Crippen LogP contribution >= 0.6 is 0 Å². The van der Waals surface area contributed by atoms with Crippen LogP contribution in [-0.4, -0.2) is 0 Å². The van der Waals surface area contributed by atoms with Crippen LogP contribution in [0.3, 0.4) is 0 Å². The van der Waals surface area contributed by atoms with Gasteiger partial charge in [-0.2, -0.15) is 0 Å². The summed E-state index contributed by atoms with van der Waals surface area (Å²) < 4.78 is 16.7. The Bertz CT molecular complexity index is 1010. The molecule has 2 aromatic rings. The van der Waals surface area contributed by atoms with Crippen molar-refractivity contribution in [3.8, 4) is 11.5 Å². The first kappa shape index (κ1) is 24.0. The molecule has 4 rings (SSSR count). The quantitative estimate of drug-likeness (QED) is 0.381. The average Bonchev–Trinajstić information content (AvgIpc) is 3.47. The van der Waals surface area contributed by atoms with Gasteiger partial charge in [-0.3, -0.25) is 0 Å². The standard InChI is InChI=1S/2C10H14O.2C5H5.Zr/c2*1-10(2,3)8-4-6-9(11)7-5-8;2*1-2-4-5-3-1;/h2*4-7,11H,1-3H3;2*1-3H,4H2;/q;;;;+2/p-2. The molecule has 0 atom stereocenters. The summed E-state index contributed by atoms with van der Waals surface area (Å²) in [6, 6.07) is 17.2. The molecule has 2 nitrogen and oxygen atoms in total. The van der Waals surface area contributed by atoms with Gasteiger partial charge in [0.15, 0.2) is 0 Å². The summed E-state index contributed by atoms with van der Waals surface area (Å²) in [6.07, 6.45) is 14.9. The van der Waals surface area contributed by atoms with Crippen molar-refractivity contribution in [1.82, 2.24) is 0 Å². The van der Waals surface area contributed by atoms with E-state index in [1.807, 2.05) is 0 Å². The van der Waals surface area contributed by atoms with Crippen LogP contribution in [0.1, 0.15) is 65.5 Å². The third-order valence-electron chi connectivity index (χ3n) is 6.35. The molecule has 2 aromatic carbocycles. The van der Waals surface area contributed by atoms with E-state index in [1.54, 1.807) is 0 Å². The van der Waals surface area contributed by atoms with Gasteiger partial charge in [-0.1, -0.05) is 0 Å². The van der Waals surface area contributed by atoms with Crippen LogP contribution in [0.15, 0.2) is 91.5 Å². The van der Waals surface area contributed by atoms with Gasteiger partial charge >= 0.3 is 206 Å². The van der Waals surface area contributed by atoms with Gasteiger partial charge in [-0.15, -0.1) is 0 Å². The molecule has 0 radical (unpaired) electrons. The van der Waals surface area contributed by atoms with Crippen molar-refractivity contribution in [2.24, 2.45) is 0 Å². The molecule has 0 aliphatic heterocycles. The molecule has 2 aliphatic carbocycles. The number of benzene rings is 2. The van der Waals surface area contributed by atoms with Gasteiger partial charge in [0.2, 0.25) is 0 Å². The third kappa shape index (κ3) is 5.35. The summed E-state index contributed by atoms with van der Waals surface area (Å²) >= 11 is -3.94. The Kier molecular flexibility index (Phi) is 6.74. The normalized spacial score (nSPS) is 16.1. The molecule has 0 saturated carbocycles. The van der Waals surface area contributed by atoms with Gasteiger partial charge in [0.1, 0.15) is 0 Å². The van der Waals surface area contributed by atoms with Crippen molar-refractivity contribution in [1.29, 1.82) is 0 Å². The molecule has 0 fully saturated rings. The molecule has 172 valence electrons. The van der Waals surface area contributed by atoms with E-state index in [2.05, 4.69) is 127 Å². The fourth-order valence-corrected chi connectivity index (χ4v) is 12.4. The van der Waals surface area contributed by atoms with E-state index < -0.39 is 21.1 Å². The fourth-order valence-electron chi connectivity index (χ4n) is 4.25. The number of hydrogen-bond donors (Lipinski definition) is 0. The van der Waals surface area contributed by atoms with Crippen LogP contribution in [0.5, 0.6) is 11.5 Å². The zero-order valence-corrected chi connectivity index (χ0v) is 23.3. The molecule has 0 heterocycles. The Morgan fingerprint density at radius 2 is 0.939 bits per heavy atom. The minimum atomic E-state index is -3.94. The summed E-state index contributed by atoms with van der Waals surface area (Å²) in [6.45, 7) is 13.4. The van der Waals surface area contributed by atoms with Crippen molar-refractivity contribution < 1.29 is 26.8 Å². The van der Waals surface area contributed by atoms with Gasteiger partial charge in [0.05, 0.1) is 0 Å². The van der Waals surface area contributed by atoms with E-state index in [0.717, 1.165) is 24.3 Å². The molecule has 33 heavy (non-hydrogen) atoms. The SMILES string of the molecule is CC(C)(C)c1ccc([O][Zr]([O]c2ccc(C(C)(C)C)cc2)([C]2=CC=CC2)[C]2=CC=CC2)cc1. The molecule has 0 bridgehead atoms. The Morgan fingerprint density at radius 3 is 1.21 bits per heavy atom. The maximum absolute atomic E-state index is 7.01. The first-order chi connectivity index (χ1) is 15.6. The molecular formula is C30H36O2Zr. The first-order valence-corrected chi connectivity index (χ1v) is 16.4. The summed E-state index contributed by atoms with van der Waals surface area (Å²) in [5.74, 6) is 1.79. The summed E-state index contributed by atoms with van der Waals surface area (Å²) in [5.41, 5.74) is 2.83. The summed E-state index contributed by atoms with van der Waals surface area (Å²) in [5, 5.41) is 0. The van der Waals surface area contributed by atoms with Crippen LogP contribution in [0.4, 0.5) is 0 Å². The molecule has 3 heteroatoms. The van der Waals surface area contributed by atoms with Crippen LogP contribution in [-0.2, 0) is 32.0 Å². The molecular weight excluding hydrogens is 484 g/mol. The van der Waals surface area contributed by atoms with Gasteiger partial charge in [-0.05, 0) is 0 Å². The molecule has 0 N–H and O–H groups in total. The van der Waals surface area contributed by atoms with Crippen LogP contribution < -0.4 is 5.63 Å². The number of hydrogen-bond acceptors (Lipinski definition) is 2. The molecule has 0 aromatic heterocycles. The Labute approximate surface area is 205 Å². The number of rotatable bonds is 6. The average molecular weight is 520 g/mol. The Morgan fingerprint density at radius 1 is 0.576 bits per heavy atom. The van der Waals surface area contributed by atoms with E-state index in [4.69, 9.17) is 5.63 Å². The van der Waals surface area contributed by atoms with E-state index in [-0.39, 0.29) is 10.8 Å². The molecule has 2 aliphatic rings. The van der Waals surface area contributed by atoms with Crippen molar-refractivity contribution in [2.45, 2.75) is 65.2 Å². The monoisotopic (exact) mass is 518 g/mol. The Balaban J connectivity index is 1.73. The van der Waals surface area contributed by atoms with Gasteiger partial charge in [-0.25, -0.2) is 0 Å². The van der Waals surface area contributed by atoms with Crippen LogP contribution in [0.2, 0.25) is 0 Å². The Hall–Kier alpha value is -2.12. The second kappa shape index (κ2) is 9.26. The molecule has 0 saturated heterocycles. The minimum absolute atomic E-state index is 0.111. The second-order valence-electron chi connectivity index (χ2n) is 11.0. The fraction of sp³-hybridized carbons (Fsp3) is 0.333. The van der Waals surface area contributed by atoms with Crippen LogP contribution in [0, 0.1) is 0 Å². The topological polar surface area (TPSA) is 18.5 Å². The summed E-state index contributed by atoms with van der Waals surface area (Å²) in [4.78, 5) is 0. The zero-order valence-electron chi connectivity index (χ0n) is 20.8. The summed E-state index contributed by atoms with van der Waals surface area (Å²) in [7, 11) is 0. The third-order valence-corrected chi connectivity index (χ3v) is 14.9. The maximum atomic E-state index is 7.01. The van der Waals surface area contributed by atoms with E-state index >= 15 is 0 Å². The van der Waals surface area contributed by atoms with Crippen molar-refractivity contribution in [3.63, 3.8) is 0 Å².